The first-order valence-corrected chi connectivity index (χ1v) is 6.84. The Balaban J connectivity index is 1.79. The van der Waals surface area contributed by atoms with Gasteiger partial charge in [0, 0.05) is 6.42 Å². The van der Waals surface area contributed by atoms with E-state index in [1.807, 2.05) is 18.2 Å². The maximum atomic E-state index is 9.11. The van der Waals surface area contributed by atoms with Crippen molar-refractivity contribution in [3.05, 3.63) is 29.7 Å². The maximum absolute atomic E-state index is 9.11. The Kier molecular flexibility index (Phi) is 3.33. The minimum absolute atomic E-state index is 0.0563. The van der Waals surface area contributed by atoms with Crippen molar-refractivity contribution in [2.75, 3.05) is 0 Å². The SMILES string of the molecule is OCc1ccc2oc(CC3CCCCC3)nc2c1. The molecule has 18 heavy (non-hydrogen) atoms. The lowest BCUT2D eigenvalue weighted by atomic mass is 9.87. The first-order valence-electron chi connectivity index (χ1n) is 6.84. The third-order valence-electron chi connectivity index (χ3n) is 3.87. The molecule has 0 aliphatic heterocycles. The number of benzene rings is 1. The van der Waals surface area contributed by atoms with Crippen LogP contribution in [0.1, 0.15) is 43.6 Å². The topological polar surface area (TPSA) is 46.3 Å². The summed E-state index contributed by atoms with van der Waals surface area (Å²) < 4.78 is 5.78. The van der Waals surface area contributed by atoms with E-state index in [0.717, 1.165) is 34.9 Å². The fraction of sp³-hybridized carbons (Fsp3) is 0.533. The molecule has 0 amide bonds. The summed E-state index contributed by atoms with van der Waals surface area (Å²) >= 11 is 0. The number of aliphatic hydroxyl groups excluding tert-OH is 1. The van der Waals surface area contributed by atoms with E-state index in [9.17, 15) is 0 Å². The second kappa shape index (κ2) is 5.11. The van der Waals surface area contributed by atoms with Crippen molar-refractivity contribution in [3.63, 3.8) is 0 Å². The number of fused-ring (bicyclic) bond motifs is 1. The number of aliphatic hydroxyl groups is 1. The van der Waals surface area contributed by atoms with Gasteiger partial charge < -0.3 is 9.52 Å². The van der Waals surface area contributed by atoms with Crippen LogP contribution in [0.2, 0.25) is 0 Å². The summed E-state index contributed by atoms with van der Waals surface area (Å²) in [6.45, 7) is 0.0563. The van der Waals surface area contributed by atoms with Gasteiger partial charge in [0.15, 0.2) is 11.5 Å². The number of hydrogen-bond acceptors (Lipinski definition) is 3. The molecule has 1 saturated carbocycles. The molecule has 0 saturated heterocycles. The summed E-state index contributed by atoms with van der Waals surface area (Å²) in [5.41, 5.74) is 2.59. The van der Waals surface area contributed by atoms with Crippen LogP contribution < -0.4 is 0 Å². The van der Waals surface area contributed by atoms with E-state index in [-0.39, 0.29) is 6.61 Å². The predicted octanol–water partition coefficient (Wildman–Crippen LogP) is 3.44. The molecule has 1 aromatic heterocycles. The summed E-state index contributed by atoms with van der Waals surface area (Å²) in [4.78, 5) is 4.54. The van der Waals surface area contributed by atoms with E-state index < -0.39 is 0 Å². The van der Waals surface area contributed by atoms with Gasteiger partial charge in [0.25, 0.3) is 0 Å². The summed E-state index contributed by atoms with van der Waals surface area (Å²) in [6.07, 6.45) is 7.65. The van der Waals surface area contributed by atoms with E-state index in [0.29, 0.717) is 0 Å². The third-order valence-corrected chi connectivity index (χ3v) is 3.87. The zero-order chi connectivity index (χ0) is 12.4. The summed E-state index contributed by atoms with van der Waals surface area (Å²) in [7, 11) is 0. The third kappa shape index (κ3) is 2.41. The molecule has 2 aromatic rings. The van der Waals surface area contributed by atoms with E-state index >= 15 is 0 Å². The van der Waals surface area contributed by atoms with Crippen LogP contribution in [-0.2, 0) is 13.0 Å². The molecule has 96 valence electrons. The van der Waals surface area contributed by atoms with Crippen molar-refractivity contribution in [3.8, 4) is 0 Å². The van der Waals surface area contributed by atoms with Gasteiger partial charge in [-0.05, 0) is 36.5 Å². The standard InChI is InChI=1S/C15H19NO2/c17-10-12-6-7-14-13(8-12)16-15(18-14)9-11-4-2-1-3-5-11/h6-8,11,17H,1-5,9-10H2. The van der Waals surface area contributed by atoms with Gasteiger partial charge in [-0.2, -0.15) is 0 Å². The quantitative estimate of drug-likeness (QED) is 0.901. The minimum atomic E-state index is 0.0563. The van der Waals surface area contributed by atoms with Crippen LogP contribution in [0, 0.1) is 5.92 Å². The van der Waals surface area contributed by atoms with Crippen molar-refractivity contribution in [2.45, 2.75) is 45.1 Å². The van der Waals surface area contributed by atoms with Gasteiger partial charge in [-0.3, -0.25) is 0 Å². The first kappa shape index (κ1) is 11.7. The molecule has 1 aliphatic carbocycles. The number of oxazole rings is 1. The number of rotatable bonds is 3. The molecule has 0 radical (unpaired) electrons. The molecule has 3 heteroatoms. The summed E-state index contributed by atoms with van der Waals surface area (Å²) in [6, 6.07) is 5.69. The van der Waals surface area contributed by atoms with Gasteiger partial charge in [0.1, 0.15) is 5.52 Å². The molecule has 3 rings (SSSR count). The number of aromatic nitrogens is 1. The van der Waals surface area contributed by atoms with Crippen LogP contribution >= 0.6 is 0 Å². The van der Waals surface area contributed by atoms with Crippen LogP contribution in [-0.4, -0.2) is 10.1 Å². The lowest BCUT2D eigenvalue weighted by molar-refractivity contribution is 0.282. The van der Waals surface area contributed by atoms with Gasteiger partial charge in [-0.15, -0.1) is 0 Å². The fourth-order valence-corrected chi connectivity index (χ4v) is 2.84. The van der Waals surface area contributed by atoms with E-state index in [1.54, 1.807) is 0 Å². The van der Waals surface area contributed by atoms with Gasteiger partial charge in [-0.1, -0.05) is 25.3 Å². The van der Waals surface area contributed by atoms with E-state index in [4.69, 9.17) is 9.52 Å². The molecule has 1 aliphatic rings. The number of hydrogen-bond donors (Lipinski definition) is 1. The Labute approximate surface area is 107 Å². The largest absolute Gasteiger partial charge is 0.441 e. The Morgan fingerprint density at radius 1 is 1.22 bits per heavy atom. The normalized spacial score (nSPS) is 17.4. The summed E-state index contributed by atoms with van der Waals surface area (Å²) in [5.74, 6) is 1.59. The van der Waals surface area contributed by atoms with Crippen molar-refractivity contribution in [2.24, 2.45) is 5.92 Å². The van der Waals surface area contributed by atoms with Crippen molar-refractivity contribution < 1.29 is 9.52 Å². The van der Waals surface area contributed by atoms with Gasteiger partial charge in [0.2, 0.25) is 0 Å². The Morgan fingerprint density at radius 3 is 2.83 bits per heavy atom. The highest BCUT2D eigenvalue weighted by atomic mass is 16.3. The Hall–Kier alpha value is -1.35. The molecule has 0 atom stereocenters. The average molecular weight is 245 g/mol. The second-order valence-electron chi connectivity index (χ2n) is 5.28. The zero-order valence-electron chi connectivity index (χ0n) is 10.6. The fourth-order valence-electron chi connectivity index (χ4n) is 2.84. The average Bonchev–Trinajstić information content (AvgIpc) is 2.80. The monoisotopic (exact) mass is 245 g/mol. The molecule has 1 N–H and O–H groups in total. The van der Waals surface area contributed by atoms with Crippen molar-refractivity contribution >= 4 is 11.1 Å². The van der Waals surface area contributed by atoms with E-state index in [2.05, 4.69) is 4.98 Å². The predicted molar refractivity (Wildman–Crippen MR) is 70.2 cm³/mol. The van der Waals surface area contributed by atoms with Gasteiger partial charge >= 0.3 is 0 Å². The van der Waals surface area contributed by atoms with Crippen LogP contribution in [0.4, 0.5) is 0 Å². The van der Waals surface area contributed by atoms with Crippen molar-refractivity contribution in [1.29, 1.82) is 0 Å². The van der Waals surface area contributed by atoms with Crippen LogP contribution in [0.15, 0.2) is 22.6 Å². The lowest BCUT2D eigenvalue weighted by Crippen LogP contribution is -2.09. The van der Waals surface area contributed by atoms with Gasteiger partial charge in [-0.25, -0.2) is 4.98 Å². The maximum Gasteiger partial charge on any atom is 0.195 e. The smallest absolute Gasteiger partial charge is 0.195 e. The van der Waals surface area contributed by atoms with Gasteiger partial charge in [0.05, 0.1) is 6.61 Å². The van der Waals surface area contributed by atoms with Crippen molar-refractivity contribution in [1.82, 2.24) is 4.98 Å². The highest BCUT2D eigenvalue weighted by Gasteiger charge is 2.17. The lowest BCUT2D eigenvalue weighted by Gasteiger charge is -2.19. The molecule has 1 fully saturated rings. The number of nitrogens with zero attached hydrogens (tertiary/aromatic N) is 1. The zero-order valence-corrected chi connectivity index (χ0v) is 10.6. The molecule has 0 bridgehead atoms. The molecule has 0 unspecified atom stereocenters. The second-order valence-corrected chi connectivity index (χ2v) is 5.28. The highest BCUT2D eigenvalue weighted by molar-refractivity contribution is 5.73. The minimum Gasteiger partial charge on any atom is -0.441 e. The summed E-state index contributed by atoms with van der Waals surface area (Å²) in [5, 5.41) is 9.11. The molecular formula is C15H19NO2. The first-order chi connectivity index (χ1) is 8.85. The van der Waals surface area contributed by atoms with E-state index in [1.165, 1.54) is 32.1 Å². The van der Waals surface area contributed by atoms with Crippen LogP contribution in [0.25, 0.3) is 11.1 Å². The van der Waals surface area contributed by atoms with Crippen LogP contribution in [0.5, 0.6) is 0 Å². The molecule has 1 heterocycles. The molecule has 1 aromatic carbocycles. The Morgan fingerprint density at radius 2 is 2.06 bits per heavy atom. The molecule has 3 nitrogen and oxygen atoms in total. The Bertz CT molecular complexity index is 526. The molecule has 0 spiro atoms. The van der Waals surface area contributed by atoms with Crippen LogP contribution in [0.3, 0.4) is 0 Å². The molecular weight excluding hydrogens is 226 g/mol. The highest BCUT2D eigenvalue weighted by Crippen LogP contribution is 2.28.